The van der Waals surface area contributed by atoms with Crippen LogP contribution < -0.4 is 5.32 Å². The number of aromatic nitrogens is 3. The smallest absolute Gasteiger partial charge is 0.164 e. The van der Waals surface area contributed by atoms with Crippen LogP contribution >= 0.6 is 11.3 Å². The molecule has 1 fully saturated rings. The fourth-order valence-corrected chi connectivity index (χ4v) is 2.42. The van der Waals surface area contributed by atoms with E-state index in [-0.39, 0.29) is 0 Å². The third kappa shape index (κ3) is 3.14. The van der Waals surface area contributed by atoms with Crippen molar-refractivity contribution >= 4 is 11.3 Å². The zero-order valence-corrected chi connectivity index (χ0v) is 10.5. The van der Waals surface area contributed by atoms with E-state index in [1.165, 1.54) is 17.7 Å². The van der Waals surface area contributed by atoms with Crippen LogP contribution in [0.5, 0.6) is 0 Å². The fourth-order valence-electron chi connectivity index (χ4n) is 1.72. The molecular formula is C12H16N4S. The van der Waals surface area contributed by atoms with Gasteiger partial charge in [0.2, 0.25) is 0 Å². The molecule has 2 aromatic rings. The lowest BCUT2D eigenvalue weighted by molar-refractivity contribution is 0.593. The summed E-state index contributed by atoms with van der Waals surface area (Å²) in [5.41, 5.74) is 0. The molecule has 3 rings (SSSR count). The lowest BCUT2D eigenvalue weighted by atomic mass is 10.3. The lowest BCUT2D eigenvalue weighted by Gasteiger charge is -1.99. The average Bonchev–Trinajstić information content (AvgIpc) is 2.86. The van der Waals surface area contributed by atoms with Gasteiger partial charge in [-0.3, -0.25) is 4.68 Å². The predicted octanol–water partition coefficient (Wildman–Crippen LogP) is 1.83. The predicted molar refractivity (Wildman–Crippen MR) is 67.9 cm³/mol. The lowest BCUT2D eigenvalue weighted by Crippen LogP contribution is -2.16. The van der Waals surface area contributed by atoms with Gasteiger partial charge in [0.15, 0.2) is 5.82 Å². The van der Waals surface area contributed by atoms with E-state index in [0.717, 1.165) is 25.3 Å². The third-order valence-electron chi connectivity index (χ3n) is 2.88. The Kier molecular flexibility index (Phi) is 3.20. The maximum Gasteiger partial charge on any atom is 0.164 e. The standard InChI is InChI=1S/C12H16N4S/c1-2-11(17-7-1)5-6-16-9-14-12(15-16)8-13-10-3-4-10/h1-2,7,9-10,13H,3-6,8H2. The van der Waals surface area contributed by atoms with Crippen molar-refractivity contribution in [2.24, 2.45) is 0 Å². The van der Waals surface area contributed by atoms with Crippen LogP contribution in [0, 0.1) is 0 Å². The molecule has 0 saturated heterocycles. The molecule has 1 saturated carbocycles. The first-order valence-corrected chi connectivity index (χ1v) is 6.92. The van der Waals surface area contributed by atoms with Gasteiger partial charge >= 0.3 is 0 Å². The van der Waals surface area contributed by atoms with Crippen molar-refractivity contribution in [2.45, 2.75) is 38.4 Å². The molecule has 90 valence electrons. The monoisotopic (exact) mass is 248 g/mol. The van der Waals surface area contributed by atoms with Crippen molar-refractivity contribution in [1.82, 2.24) is 20.1 Å². The fraction of sp³-hybridized carbons (Fsp3) is 0.500. The Balaban J connectivity index is 1.49. The highest BCUT2D eigenvalue weighted by Crippen LogP contribution is 2.18. The molecule has 1 N–H and O–H groups in total. The molecule has 17 heavy (non-hydrogen) atoms. The van der Waals surface area contributed by atoms with Crippen LogP contribution in [0.15, 0.2) is 23.8 Å². The number of nitrogens with one attached hydrogen (secondary N) is 1. The van der Waals surface area contributed by atoms with E-state index in [2.05, 4.69) is 32.9 Å². The van der Waals surface area contributed by atoms with Crippen LogP contribution in [0.25, 0.3) is 0 Å². The first kappa shape index (κ1) is 10.9. The highest BCUT2D eigenvalue weighted by Gasteiger charge is 2.20. The zero-order valence-electron chi connectivity index (χ0n) is 9.67. The van der Waals surface area contributed by atoms with Crippen molar-refractivity contribution in [1.29, 1.82) is 0 Å². The summed E-state index contributed by atoms with van der Waals surface area (Å²) in [6, 6.07) is 4.97. The van der Waals surface area contributed by atoms with Crippen molar-refractivity contribution in [3.05, 3.63) is 34.5 Å². The van der Waals surface area contributed by atoms with Crippen molar-refractivity contribution < 1.29 is 0 Å². The Labute approximate surface area is 105 Å². The van der Waals surface area contributed by atoms with Crippen LogP contribution in [0.2, 0.25) is 0 Å². The number of hydrogen-bond donors (Lipinski definition) is 1. The summed E-state index contributed by atoms with van der Waals surface area (Å²) >= 11 is 1.80. The van der Waals surface area contributed by atoms with Gasteiger partial charge < -0.3 is 5.32 Å². The molecular weight excluding hydrogens is 232 g/mol. The molecule has 0 unspecified atom stereocenters. The molecule has 5 heteroatoms. The maximum absolute atomic E-state index is 4.46. The Hall–Kier alpha value is -1.20. The SMILES string of the molecule is c1csc(CCn2cnc(CNC3CC3)n2)c1. The van der Waals surface area contributed by atoms with Gasteiger partial charge in [-0.25, -0.2) is 4.98 Å². The first-order valence-electron chi connectivity index (χ1n) is 6.04. The number of aryl methyl sites for hydroxylation is 2. The Morgan fingerprint density at radius 2 is 2.41 bits per heavy atom. The van der Waals surface area contributed by atoms with Gasteiger partial charge in [-0.15, -0.1) is 11.3 Å². The minimum absolute atomic E-state index is 0.716. The van der Waals surface area contributed by atoms with E-state index in [1.807, 2.05) is 11.0 Å². The molecule has 0 spiro atoms. The molecule has 0 aromatic carbocycles. The second kappa shape index (κ2) is 4.98. The van der Waals surface area contributed by atoms with Gasteiger partial charge in [0, 0.05) is 23.9 Å². The summed E-state index contributed by atoms with van der Waals surface area (Å²) in [4.78, 5) is 5.71. The van der Waals surface area contributed by atoms with E-state index >= 15 is 0 Å². The highest BCUT2D eigenvalue weighted by atomic mass is 32.1. The van der Waals surface area contributed by atoms with Crippen molar-refractivity contribution in [2.75, 3.05) is 0 Å². The van der Waals surface area contributed by atoms with E-state index < -0.39 is 0 Å². The van der Waals surface area contributed by atoms with E-state index in [1.54, 1.807) is 11.3 Å². The quantitative estimate of drug-likeness (QED) is 0.848. The molecule has 1 aliphatic carbocycles. The minimum atomic E-state index is 0.716. The molecule has 0 bridgehead atoms. The Morgan fingerprint density at radius 3 is 3.18 bits per heavy atom. The van der Waals surface area contributed by atoms with Crippen LogP contribution in [-0.4, -0.2) is 20.8 Å². The molecule has 2 aromatic heterocycles. The first-order chi connectivity index (χ1) is 8.40. The van der Waals surface area contributed by atoms with Gasteiger partial charge in [0.05, 0.1) is 6.54 Å². The van der Waals surface area contributed by atoms with E-state index in [0.29, 0.717) is 6.04 Å². The van der Waals surface area contributed by atoms with Gasteiger partial charge in [0.1, 0.15) is 6.33 Å². The van der Waals surface area contributed by atoms with Gasteiger partial charge in [0.25, 0.3) is 0 Å². The van der Waals surface area contributed by atoms with Crippen LogP contribution in [0.1, 0.15) is 23.5 Å². The summed E-state index contributed by atoms with van der Waals surface area (Å²) in [5.74, 6) is 0.906. The van der Waals surface area contributed by atoms with Crippen LogP contribution in [0.4, 0.5) is 0 Å². The normalized spacial score (nSPS) is 15.3. The topological polar surface area (TPSA) is 42.7 Å². The van der Waals surface area contributed by atoms with Crippen LogP contribution in [0.3, 0.4) is 0 Å². The average molecular weight is 248 g/mol. The molecule has 0 atom stereocenters. The highest BCUT2D eigenvalue weighted by molar-refractivity contribution is 7.09. The summed E-state index contributed by atoms with van der Waals surface area (Å²) in [5, 5.41) is 9.99. The second-order valence-electron chi connectivity index (χ2n) is 4.41. The molecule has 2 heterocycles. The van der Waals surface area contributed by atoms with Gasteiger partial charge in [-0.05, 0) is 24.3 Å². The molecule has 1 aliphatic rings. The van der Waals surface area contributed by atoms with Gasteiger partial charge in [-0.2, -0.15) is 5.10 Å². The maximum atomic E-state index is 4.46. The van der Waals surface area contributed by atoms with E-state index in [9.17, 15) is 0 Å². The molecule has 0 aliphatic heterocycles. The summed E-state index contributed by atoms with van der Waals surface area (Å²) in [6.45, 7) is 1.72. The molecule has 0 amide bonds. The largest absolute Gasteiger partial charge is 0.307 e. The Bertz CT molecular complexity index is 459. The number of thiophene rings is 1. The number of hydrogen-bond acceptors (Lipinski definition) is 4. The summed E-state index contributed by atoms with van der Waals surface area (Å²) in [6.07, 6.45) is 5.48. The summed E-state index contributed by atoms with van der Waals surface area (Å²) in [7, 11) is 0. The molecule has 0 radical (unpaired) electrons. The van der Waals surface area contributed by atoms with Crippen molar-refractivity contribution in [3.63, 3.8) is 0 Å². The third-order valence-corrected chi connectivity index (χ3v) is 3.81. The molecule has 4 nitrogen and oxygen atoms in total. The van der Waals surface area contributed by atoms with Crippen LogP contribution in [-0.2, 0) is 19.5 Å². The van der Waals surface area contributed by atoms with Gasteiger partial charge in [-0.1, -0.05) is 6.07 Å². The number of nitrogens with zero attached hydrogens (tertiary/aromatic N) is 3. The Morgan fingerprint density at radius 1 is 1.47 bits per heavy atom. The zero-order chi connectivity index (χ0) is 11.5. The van der Waals surface area contributed by atoms with E-state index in [4.69, 9.17) is 0 Å². The minimum Gasteiger partial charge on any atom is -0.307 e. The number of rotatable bonds is 6. The summed E-state index contributed by atoms with van der Waals surface area (Å²) < 4.78 is 1.93. The second-order valence-corrected chi connectivity index (χ2v) is 5.44. The van der Waals surface area contributed by atoms with Crippen molar-refractivity contribution in [3.8, 4) is 0 Å².